The zero-order valence-corrected chi connectivity index (χ0v) is 18.3. The summed E-state index contributed by atoms with van der Waals surface area (Å²) in [6.45, 7) is 3.14. The van der Waals surface area contributed by atoms with Crippen LogP contribution >= 0.6 is 0 Å². The van der Waals surface area contributed by atoms with Gasteiger partial charge in [-0.15, -0.1) is 0 Å². The Hall–Kier alpha value is -3.87. The molecule has 1 saturated heterocycles. The zero-order valence-electron chi connectivity index (χ0n) is 18.3. The molecule has 0 unspecified atom stereocenters. The summed E-state index contributed by atoms with van der Waals surface area (Å²) in [6.07, 6.45) is 1.63. The van der Waals surface area contributed by atoms with Crippen LogP contribution in [0.15, 0.2) is 71.1 Å². The van der Waals surface area contributed by atoms with Crippen molar-refractivity contribution in [2.75, 3.05) is 18.5 Å². The third-order valence-corrected chi connectivity index (χ3v) is 5.80. The number of fused-ring (bicyclic) bond motifs is 1. The van der Waals surface area contributed by atoms with E-state index in [0.717, 1.165) is 24.2 Å². The molecule has 1 N–H and O–H groups in total. The largest absolute Gasteiger partial charge is 0.494 e. The summed E-state index contributed by atoms with van der Waals surface area (Å²) in [5.41, 5.74) is 3.20. The van der Waals surface area contributed by atoms with Crippen molar-refractivity contribution in [1.29, 1.82) is 0 Å². The second-order valence-electron chi connectivity index (χ2n) is 7.95. The monoisotopic (exact) mass is 445 g/mol. The van der Waals surface area contributed by atoms with Crippen molar-refractivity contribution in [3.8, 4) is 16.9 Å². The van der Waals surface area contributed by atoms with E-state index in [0.29, 0.717) is 41.4 Å². The van der Waals surface area contributed by atoms with Gasteiger partial charge in [-0.1, -0.05) is 24.3 Å². The summed E-state index contributed by atoms with van der Waals surface area (Å²) in [7, 11) is 0. The van der Waals surface area contributed by atoms with Gasteiger partial charge in [0.05, 0.1) is 6.61 Å². The van der Waals surface area contributed by atoms with Crippen molar-refractivity contribution in [1.82, 2.24) is 9.88 Å². The van der Waals surface area contributed by atoms with E-state index in [-0.39, 0.29) is 17.9 Å². The van der Waals surface area contributed by atoms with Crippen LogP contribution in [-0.2, 0) is 0 Å². The van der Waals surface area contributed by atoms with Crippen LogP contribution in [0.4, 0.5) is 14.9 Å². The zero-order chi connectivity index (χ0) is 22.8. The first-order valence-electron chi connectivity index (χ1n) is 11.1. The number of oxazole rings is 1. The Morgan fingerprint density at radius 2 is 2.00 bits per heavy atom. The number of aromatic nitrogens is 1. The maximum atomic E-state index is 14.2. The number of carbonyl (C=O) groups is 1. The number of halogens is 1. The molecule has 7 heteroatoms. The molecule has 6 nitrogen and oxygen atoms in total. The first-order valence-corrected chi connectivity index (χ1v) is 11.1. The number of carbonyl (C=O) groups excluding carboxylic acids is 1. The molecule has 0 spiro atoms. The molecule has 0 bridgehead atoms. The lowest BCUT2D eigenvalue weighted by molar-refractivity contribution is 0.199. The normalized spacial score (nSPS) is 15.7. The Kier molecular flexibility index (Phi) is 5.69. The van der Waals surface area contributed by atoms with Gasteiger partial charge in [0, 0.05) is 17.8 Å². The Bertz CT molecular complexity index is 1290. The molecule has 168 valence electrons. The maximum absolute atomic E-state index is 14.2. The molecular formula is C26H24FN3O3. The number of likely N-dealkylation sites (tertiary alicyclic amines) is 1. The van der Waals surface area contributed by atoms with Crippen LogP contribution in [-0.4, -0.2) is 29.1 Å². The average Bonchev–Trinajstić information content (AvgIpc) is 3.47. The number of benzene rings is 3. The van der Waals surface area contributed by atoms with Crippen molar-refractivity contribution < 1.29 is 18.3 Å². The fraction of sp³-hybridized carbons (Fsp3) is 0.231. The molecule has 1 atom stereocenters. The Balaban J connectivity index is 1.36. The molecule has 0 radical (unpaired) electrons. The van der Waals surface area contributed by atoms with Gasteiger partial charge in [0.25, 0.3) is 0 Å². The maximum Gasteiger partial charge on any atom is 0.322 e. The highest BCUT2D eigenvalue weighted by molar-refractivity contribution is 5.90. The fourth-order valence-electron chi connectivity index (χ4n) is 4.21. The number of hydrogen-bond donors (Lipinski definition) is 1. The van der Waals surface area contributed by atoms with Crippen LogP contribution in [0.5, 0.6) is 5.75 Å². The SMILES string of the molecule is CCOc1ccc(NC(=O)N2CCC[C@@H]2c2nc3cc(-c4ccccc4F)ccc3o2)cc1. The van der Waals surface area contributed by atoms with E-state index in [4.69, 9.17) is 9.15 Å². The Morgan fingerprint density at radius 3 is 2.79 bits per heavy atom. The predicted octanol–water partition coefficient (Wildman–Crippen LogP) is 6.40. The van der Waals surface area contributed by atoms with Crippen molar-refractivity contribution in [2.24, 2.45) is 0 Å². The third-order valence-electron chi connectivity index (χ3n) is 5.80. The van der Waals surface area contributed by atoms with Crippen molar-refractivity contribution in [3.63, 3.8) is 0 Å². The van der Waals surface area contributed by atoms with Crippen LogP contribution < -0.4 is 10.1 Å². The van der Waals surface area contributed by atoms with Gasteiger partial charge in [-0.2, -0.15) is 0 Å². The fourth-order valence-corrected chi connectivity index (χ4v) is 4.21. The van der Waals surface area contributed by atoms with Gasteiger partial charge < -0.3 is 19.4 Å². The Labute approximate surface area is 191 Å². The highest BCUT2D eigenvalue weighted by Gasteiger charge is 2.33. The summed E-state index contributed by atoms with van der Waals surface area (Å²) in [5.74, 6) is 0.972. The van der Waals surface area contributed by atoms with Gasteiger partial charge in [-0.3, -0.25) is 0 Å². The third kappa shape index (κ3) is 4.26. The van der Waals surface area contributed by atoms with Gasteiger partial charge in [0.15, 0.2) is 5.58 Å². The molecular weight excluding hydrogens is 421 g/mol. The van der Waals surface area contributed by atoms with Crippen molar-refractivity contribution >= 4 is 22.8 Å². The van der Waals surface area contributed by atoms with E-state index in [9.17, 15) is 9.18 Å². The summed E-state index contributed by atoms with van der Waals surface area (Å²) in [5, 5.41) is 2.94. The lowest BCUT2D eigenvalue weighted by Gasteiger charge is -2.22. The molecule has 3 aromatic carbocycles. The predicted molar refractivity (Wildman–Crippen MR) is 125 cm³/mol. The van der Waals surface area contributed by atoms with E-state index in [2.05, 4.69) is 10.3 Å². The van der Waals surface area contributed by atoms with Gasteiger partial charge >= 0.3 is 6.03 Å². The molecule has 5 rings (SSSR count). The highest BCUT2D eigenvalue weighted by atomic mass is 19.1. The molecule has 4 aromatic rings. The smallest absolute Gasteiger partial charge is 0.322 e. The lowest BCUT2D eigenvalue weighted by Crippen LogP contribution is -2.34. The summed E-state index contributed by atoms with van der Waals surface area (Å²) < 4.78 is 25.7. The molecule has 2 amide bonds. The van der Waals surface area contributed by atoms with Gasteiger partial charge in [0.1, 0.15) is 23.1 Å². The minimum absolute atomic E-state index is 0.198. The molecule has 1 aliphatic rings. The number of ether oxygens (including phenoxy) is 1. The number of rotatable bonds is 5. The van der Waals surface area contributed by atoms with Crippen LogP contribution in [0.1, 0.15) is 31.7 Å². The van der Waals surface area contributed by atoms with Crippen LogP contribution in [0.3, 0.4) is 0 Å². The van der Waals surface area contributed by atoms with E-state index in [1.807, 2.05) is 43.3 Å². The molecule has 1 aliphatic heterocycles. The van der Waals surface area contributed by atoms with Gasteiger partial charge in [0.2, 0.25) is 5.89 Å². The summed E-state index contributed by atoms with van der Waals surface area (Å²) in [6, 6.07) is 18.9. The summed E-state index contributed by atoms with van der Waals surface area (Å²) >= 11 is 0. The number of nitrogens with zero attached hydrogens (tertiary/aromatic N) is 2. The van der Waals surface area contributed by atoms with Crippen LogP contribution in [0, 0.1) is 5.82 Å². The van der Waals surface area contributed by atoms with E-state index in [1.165, 1.54) is 6.07 Å². The van der Waals surface area contributed by atoms with E-state index < -0.39 is 0 Å². The molecule has 1 fully saturated rings. The molecule has 0 aliphatic carbocycles. The number of amides is 2. The van der Waals surface area contributed by atoms with Crippen molar-refractivity contribution in [3.05, 3.63) is 78.4 Å². The van der Waals surface area contributed by atoms with E-state index in [1.54, 1.807) is 29.2 Å². The summed E-state index contributed by atoms with van der Waals surface area (Å²) in [4.78, 5) is 19.4. The standard InChI is InChI=1S/C26H24FN3O3/c1-2-32-19-12-10-18(11-13-19)28-26(31)30-15-5-8-23(30)25-29-22-16-17(9-14-24(22)33-25)20-6-3-4-7-21(20)27/h3-4,6-7,9-14,16,23H,2,5,8,15H2,1H3,(H,28,31)/t23-/m1/s1. The second kappa shape index (κ2) is 8.94. The van der Waals surface area contributed by atoms with Gasteiger partial charge in [-0.05, 0) is 67.8 Å². The minimum Gasteiger partial charge on any atom is -0.494 e. The molecule has 33 heavy (non-hydrogen) atoms. The molecule has 2 heterocycles. The first kappa shape index (κ1) is 21.0. The van der Waals surface area contributed by atoms with Crippen LogP contribution in [0.2, 0.25) is 0 Å². The number of anilines is 1. The quantitative estimate of drug-likeness (QED) is 0.386. The van der Waals surface area contributed by atoms with Crippen LogP contribution in [0.25, 0.3) is 22.2 Å². The number of urea groups is 1. The average molecular weight is 445 g/mol. The lowest BCUT2D eigenvalue weighted by atomic mass is 10.0. The molecule has 0 saturated carbocycles. The number of nitrogens with one attached hydrogen (secondary N) is 1. The topological polar surface area (TPSA) is 67.6 Å². The van der Waals surface area contributed by atoms with E-state index >= 15 is 0 Å². The molecule has 1 aromatic heterocycles. The van der Waals surface area contributed by atoms with Crippen molar-refractivity contribution in [2.45, 2.75) is 25.8 Å². The first-order chi connectivity index (χ1) is 16.1. The number of hydrogen-bond acceptors (Lipinski definition) is 4. The Morgan fingerprint density at radius 1 is 1.18 bits per heavy atom. The highest BCUT2D eigenvalue weighted by Crippen LogP contribution is 2.35. The second-order valence-corrected chi connectivity index (χ2v) is 7.95. The minimum atomic E-state index is -0.284. The van der Waals surface area contributed by atoms with Gasteiger partial charge in [-0.25, -0.2) is 14.2 Å².